The van der Waals surface area contributed by atoms with E-state index in [2.05, 4.69) is 27.7 Å². The highest BCUT2D eigenvalue weighted by molar-refractivity contribution is 5.23. The molecule has 0 bridgehead atoms. The second kappa shape index (κ2) is 4.98. The van der Waals surface area contributed by atoms with Crippen LogP contribution >= 0.6 is 0 Å². The Morgan fingerprint density at radius 2 is 1.90 bits per heavy atom. The molecule has 2 saturated carbocycles. The lowest BCUT2D eigenvalue weighted by molar-refractivity contribution is 0.0357. The predicted molar refractivity (Wildman–Crippen MR) is 81.5 cm³/mol. The molecule has 116 valence electrons. The van der Waals surface area contributed by atoms with Gasteiger partial charge in [0.05, 0.1) is 6.10 Å². The van der Waals surface area contributed by atoms with E-state index in [1.807, 2.05) is 0 Å². The Bertz CT molecular complexity index is 366. The Hall–Kier alpha value is -0.0800. The first kappa shape index (κ1) is 14.8. The van der Waals surface area contributed by atoms with Gasteiger partial charge in [0.2, 0.25) is 0 Å². The molecular formula is C18H32O2. The normalized spacial score (nSPS) is 48.0. The molecule has 2 heteroatoms. The average molecular weight is 280 g/mol. The summed E-state index contributed by atoms with van der Waals surface area (Å²) in [6, 6.07) is 0. The van der Waals surface area contributed by atoms with Gasteiger partial charge in [0.25, 0.3) is 0 Å². The SMILES string of the molecule is CC(C)CCC[C@@H](C)[C@H]1CC[C@]23O[C@H]2[C@@H](O)CC[C@]13C. The van der Waals surface area contributed by atoms with Crippen molar-refractivity contribution in [2.75, 3.05) is 0 Å². The minimum absolute atomic E-state index is 0.0572. The van der Waals surface area contributed by atoms with Crippen LogP contribution in [0.25, 0.3) is 0 Å². The molecule has 2 aliphatic carbocycles. The van der Waals surface area contributed by atoms with Crippen molar-refractivity contribution in [1.82, 2.24) is 0 Å². The highest BCUT2D eigenvalue weighted by Gasteiger charge is 2.75. The summed E-state index contributed by atoms with van der Waals surface area (Å²) in [6.07, 6.45) is 8.64. The molecule has 1 saturated heterocycles. The Kier molecular flexibility index (Phi) is 3.70. The van der Waals surface area contributed by atoms with Crippen LogP contribution in [0.5, 0.6) is 0 Å². The monoisotopic (exact) mass is 280 g/mol. The summed E-state index contributed by atoms with van der Waals surface area (Å²) < 4.78 is 6.08. The van der Waals surface area contributed by atoms with Gasteiger partial charge < -0.3 is 9.84 Å². The molecule has 2 nitrogen and oxygen atoms in total. The molecule has 1 spiro atoms. The van der Waals surface area contributed by atoms with Gasteiger partial charge in [-0.2, -0.15) is 0 Å². The molecule has 0 aromatic carbocycles. The fourth-order valence-electron chi connectivity index (χ4n) is 5.49. The highest BCUT2D eigenvalue weighted by Crippen LogP contribution is 2.69. The van der Waals surface area contributed by atoms with Crippen LogP contribution in [0.4, 0.5) is 0 Å². The summed E-state index contributed by atoms with van der Waals surface area (Å²) in [5, 5.41) is 10.1. The second-order valence-electron chi connectivity index (χ2n) is 8.40. The third-order valence-electron chi connectivity index (χ3n) is 6.79. The molecule has 1 N–H and O–H groups in total. The third-order valence-corrected chi connectivity index (χ3v) is 6.79. The standard InChI is InChI=1S/C18H32O2/c1-12(2)6-5-7-13(3)14-8-11-18-16(20-18)15(19)9-10-17(14,18)4/h12-16,19H,5-11H2,1-4H3/t13-,14-,15+,16+,17-,18+/m1/s1. The number of aliphatic hydroxyl groups is 1. The number of aliphatic hydroxyl groups excluding tert-OH is 1. The van der Waals surface area contributed by atoms with E-state index in [1.54, 1.807) is 0 Å². The number of epoxide rings is 1. The van der Waals surface area contributed by atoms with Gasteiger partial charge in [0.15, 0.2) is 0 Å². The molecule has 6 atom stereocenters. The first-order chi connectivity index (χ1) is 9.41. The van der Waals surface area contributed by atoms with Crippen molar-refractivity contribution in [2.24, 2.45) is 23.2 Å². The van der Waals surface area contributed by atoms with Gasteiger partial charge >= 0.3 is 0 Å². The quantitative estimate of drug-likeness (QED) is 0.767. The summed E-state index contributed by atoms with van der Waals surface area (Å²) in [5.74, 6) is 2.43. The molecule has 0 radical (unpaired) electrons. The molecule has 3 aliphatic rings. The molecule has 0 unspecified atom stereocenters. The van der Waals surface area contributed by atoms with Crippen molar-refractivity contribution in [3.05, 3.63) is 0 Å². The zero-order valence-corrected chi connectivity index (χ0v) is 13.7. The molecule has 1 heterocycles. The second-order valence-corrected chi connectivity index (χ2v) is 8.40. The molecule has 1 aliphatic heterocycles. The number of hydrogen-bond acceptors (Lipinski definition) is 2. The summed E-state index contributed by atoms with van der Waals surface area (Å²) in [7, 11) is 0. The van der Waals surface area contributed by atoms with Crippen molar-refractivity contribution >= 4 is 0 Å². The maximum atomic E-state index is 10.1. The molecule has 20 heavy (non-hydrogen) atoms. The van der Waals surface area contributed by atoms with E-state index in [-0.39, 0.29) is 17.8 Å². The van der Waals surface area contributed by atoms with Crippen LogP contribution < -0.4 is 0 Å². The zero-order valence-electron chi connectivity index (χ0n) is 13.7. The fourth-order valence-corrected chi connectivity index (χ4v) is 5.49. The van der Waals surface area contributed by atoms with Crippen LogP contribution in [0.1, 0.15) is 72.6 Å². The summed E-state index contributed by atoms with van der Waals surface area (Å²) >= 11 is 0. The highest BCUT2D eigenvalue weighted by atomic mass is 16.6. The molecular weight excluding hydrogens is 248 g/mol. The predicted octanol–water partition coefficient (Wildman–Crippen LogP) is 4.16. The topological polar surface area (TPSA) is 32.8 Å². The van der Waals surface area contributed by atoms with Crippen LogP contribution in [0, 0.1) is 23.2 Å². The minimum atomic E-state index is -0.196. The van der Waals surface area contributed by atoms with Crippen molar-refractivity contribution in [3.63, 3.8) is 0 Å². The van der Waals surface area contributed by atoms with Crippen molar-refractivity contribution in [1.29, 1.82) is 0 Å². The lowest BCUT2D eigenvalue weighted by Crippen LogP contribution is -2.45. The minimum Gasteiger partial charge on any atom is -0.390 e. The average Bonchev–Trinajstić information content (AvgIpc) is 3.04. The van der Waals surface area contributed by atoms with E-state index in [0.717, 1.165) is 30.6 Å². The summed E-state index contributed by atoms with van der Waals surface area (Å²) in [5.41, 5.74) is 0.385. The Morgan fingerprint density at radius 1 is 1.15 bits per heavy atom. The Labute approximate surface area is 124 Å². The molecule has 0 aromatic heterocycles. The molecule has 3 rings (SSSR count). The van der Waals surface area contributed by atoms with Crippen molar-refractivity contribution in [2.45, 2.75) is 90.4 Å². The number of hydrogen-bond donors (Lipinski definition) is 1. The van der Waals surface area contributed by atoms with Gasteiger partial charge in [-0.25, -0.2) is 0 Å². The lowest BCUT2D eigenvalue weighted by Gasteiger charge is -2.42. The first-order valence-corrected chi connectivity index (χ1v) is 8.76. The van der Waals surface area contributed by atoms with Gasteiger partial charge in [-0.05, 0) is 43.4 Å². The maximum Gasteiger partial charge on any atom is 0.114 e. The van der Waals surface area contributed by atoms with Gasteiger partial charge in [-0.1, -0.05) is 47.0 Å². The Morgan fingerprint density at radius 3 is 2.60 bits per heavy atom. The number of rotatable bonds is 5. The smallest absolute Gasteiger partial charge is 0.114 e. The van der Waals surface area contributed by atoms with Gasteiger partial charge in [-0.15, -0.1) is 0 Å². The van der Waals surface area contributed by atoms with E-state index < -0.39 is 0 Å². The molecule has 0 amide bonds. The third kappa shape index (κ3) is 2.06. The van der Waals surface area contributed by atoms with Crippen LogP contribution in [-0.2, 0) is 4.74 Å². The maximum absolute atomic E-state index is 10.1. The van der Waals surface area contributed by atoms with Crippen LogP contribution in [0.3, 0.4) is 0 Å². The lowest BCUT2D eigenvalue weighted by atomic mass is 9.61. The van der Waals surface area contributed by atoms with Gasteiger partial charge in [-0.3, -0.25) is 0 Å². The van der Waals surface area contributed by atoms with E-state index in [9.17, 15) is 5.11 Å². The van der Waals surface area contributed by atoms with Crippen LogP contribution in [0.2, 0.25) is 0 Å². The van der Waals surface area contributed by atoms with Gasteiger partial charge in [0.1, 0.15) is 11.7 Å². The van der Waals surface area contributed by atoms with Crippen LogP contribution in [0.15, 0.2) is 0 Å². The van der Waals surface area contributed by atoms with E-state index in [4.69, 9.17) is 4.74 Å². The van der Waals surface area contributed by atoms with Gasteiger partial charge in [0, 0.05) is 5.41 Å². The summed E-state index contributed by atoms with van der Waals surface area (Å²) in [6.45, 7) is 9.55. The van der Waals surface area contributed by atoms with Crippen LogP contribution in [-0.4, -0.2) is 22.9 Å². The first-order valence-electron chi connectivity index (χ1n) is 8.76. The largest absolute Gasteiger partial charge is 0.390 e. The van der Waals surface area contributed by atoms with Crippen molar-refractivity contribution in [3.8, 4) is 0 Å². The Balaban J connectivity index is 1.64. The molecule has 3 fully saturated rings. The van der Waals surface area contributed by atoms with E-state index in [1.165, 1.54) is 32.1 Å². The van der Waals surface area contributed by atoms with E-state index >= 15 is 0 Å². The summed E-state index contributed by atoms with van der Waals surface area (Å²) in [4.78, 5) is 0. The van der Waals surface area contributed by atoms with E-state index in [0.29, 0.717) is 5.41 Å². The molecule has 0 aromatic rings. The van der Waals surface area contributed by atoms with Crippen molar-refractivity contribution < 1.29 is 9.84 Å². The zero-order chi connectivity index (χ0) is 14.5. The fraction of sp³-hybridized carbons (Fsp3) is 1.00. The number of ether oxygens (including phenoxy) is 1.